The van der Waals surface area contributed by atoms with Crippen LogP contribution in [-0.4, -0.2) is 19.1 Å². The summed E-state index contributed by atoms with van der Waals surface area (Å²) >= 11 is 0. The molecule has 4 nitrogen and oxygen atoms in total. The zero-order chi connectivity index (χ0) is 52.8. The van der Waals surface area contributed by atoms with Gasteiger partial charge in [0.1, 0.15) is 0 Å². The molecule has 3 heterocycles. The first kappa shape index (κ1) is 11.5. The molecular formula is C43H28N4. The molecule has 7 aromatic carbocycles. The summed E-state index contributed by atoms with van der Waals surface area (Å²) in [5.41, 5.74) is -4.81. The van der Waals surface area contributed by atoms with E-state index in [0.717, 1.165) is 9.13 Å². The third-order valence-electron chi connectivity index (χ3n) is 7.67. The molecule has 0 unspecified atom stereocenters. The van der Waals surface area contributed by atoms with E-state index in [4.69, 9.17) is 23.3 Å². The van der Waals surface area contributed by atoms with Crippen LogP contribution in [0.3, 0.4) is 0 Å². The number of para-hydroxylation sites is 3. The Hall–Kier alpha value is -6.26. The number of fused-ring (bicyclic) bond motifs is 8. The maximum Gasteiger partial charge on any atom is 0.235 e. The molecule has 0 saturated heterocycles. The van der Waals surface area contributed by atoms with Crippen LogP contribution in [0.4, 0.5) is 0 Å². The zero-order valence-corrected chi connectivity index (χ0v) is 23.8. The van der Waals surface area contributed by atoms with Crippen LogP contribution in [0.25, 0.3) is 88.2 Å². The van der Waals surface area contributed by atoms with Gasteiger partial charge in [-0.25, -0.2) is 9.97 Å². The van der Waals surface area contributed by atoms with Gasteiger partial charge in [0.2, 0.25) is 5.95 Å². The van der Waals surface area contributed by atoms with Crippen LogP contribution in [0.2, 0.25) is 0 Å². The van der Waals surface area contributed by atoms with Crippen LogP contribution in [0.1, 0.15) is 39.8 Å². The minimum atomic E-state index is -0.958. The predicted octanol–water partition coefficient (Wildman–Crippen LogP) is 11.0. The van der Waals surface area contributed by atoms with E-state index in [1.165, 1.54) is 6.92 Å². The quantitative estimate of drug-likeness (QED) is 0.196. The first-order chi connectivity index (χ1) is 33.6. The van der Waals surface area contributed by atoms with E-state index >= 15 is 0 Å². The molecule has 0 fully saturated rings. The second kappa shape index (κ2) is 9.87. The maximum absolute atomic E-state index is 9.92. The van der Waals surface area contributed by atoms with Crippen molar-refractivity contribution in [3.05, 3.63) is 157 Å². The molecule has 0 aliphatic carbocycles. The number of hydrogen-bond donors (Lipinski definition) is 0. The van der Waals surface area contributed by atoms with Crippen molar-refractivity contribution in [1.82, 2.24) is 19.1 Å². The molecule has 0 N–H and O–H groups in total. The van der Waals surface area contributed by atoms with Crippen molar-refractivity contribution in [2.75, 3.05) is 0 Å². The molecule has 0 bridgehead atoms. The normalized spacial score (nSPS) is 19.4. The molecule has 10 rings (SSSR count). The summed E-state index contributed by atoms with van der Waals surface area (Å²) in [7, 11) is 0. The molecule has 10 aromatic rings. The van der Waals surface area contributed by atoms with Gasteiger partial charge in [-0.1, -0.05) is 103 Å². The average molecular weight is 626 g/mol. The van der Waals surface area contributed by atoms with Crippen LogP contribution in [0.5, 0.6) is 0 Å². The number of rotatable bonds is 3. The number of aromatic nitrogens is 4. The molecular weight excluding hydrogens is 573 g/mol. The summed E-state index contributed by atoms with van der Waals surface area (Å²) in [6, 6.07) is -19.7. The minimum Gasteiger partial charge on any atom is -0.309 e. The molecule has 0 saturated carbocycles. The predicted molar refractivity (Wildman–Crippen MR) is 196 cm³/mol. The molecule has 0 radical (unpaired) electrons. The largest absolute Gasteiger partial charge is 0.309 e. The van der Waals surface area contributed by atoms with Crippen molar-refractivity contribution in [2.45, 2.75) is 6.92 Å². The standard InChI is InChI=1S/C43H28N4/c1-27-18-22-35-37(24-27)44-43(45-42(35)30-20-19-28-10-2-3-11-29(28)25-30)47-40-17-9-6-14-34(40)36-26-31(21-23-41(36)47)46-38-15-7-4-12-32(38)33-13-5-8-16-39(33)46/h2-26H,1H3/i2D,3D,4D,5D,6D,7D,8D,9D,10D,11D,12D,13D,14D,15D,16D,17D,18D,19D,20D,21D,22D,23D,24D,25D,26D. The summed E-state index contributed by atoms with van der Waals surface area (Å²) in [5, 5.41) is -3.42. The first-order valence-corrected chi connectivity index (χ1v) is 14.0. The van der Waals surface area contributed by atoms with Gasteiger partial charge in [-0.3, -0.25) is 4.57 Å². The van der Waals surface area contributed by atoms with Gasteiger partial charge in [-0.2, -0.15) is 0 Å². The lowest BCUT2D eigenvalue weighted by Gasteiger charge is -2.13. The molecule has 4 heteroatoms. The van der Waals surface area contributed by atoms with Crippen LogP contribution in [0.15, 0.2) is 151 Å². The van der Waals surface area contributed by atoms with E-state index in [-0.39, 0.29) is 5.56 Å². The maximum atomic E-state index is 9.92. The SMILES string of the molecule is [2H]c1c(C)c([2H])c2nc(-n3c4c([2H])c([2H])c([2H])c([2H])c4c4c([2H])c(-n5c6c([2H])c([2H])c([2H])c([2H])c6c6c([2H])c([2H])c([2H])c([2H])c65)c([2H])c([2H])c43)nc(-c3c([2H])c([2H])c4c([2H])c([2H])c([2H])c([2H])c4c3[2H])c2c1[2H]. The number of nitrogens with zero attached hydrogens (tertiary/aromatic N) is 4. The smallest absolute Gasteiger partial charge is 0.235 e. The Labute approximate surface area is 305 Å². The van der Waals surface area contributed by atoms with Crippen molar-refractivity contribution in [3.8, 4) is 22.9 Å². The van der Waals surface area contributed by atoms with Gasteiger partial charge in [-0.05, 0) is 71.6 Å². The Bertz CT molecular complexity index is 4220. The first-order valence-electron chi connectivity index (χ1n) is 26.5. The fraction of sp³-hybridized carbons (Fsp3) is 0.0233. The van der Waals surface area contributed by atoms with Gasteiger partial charge in [0, 0.05) is 38.2 Å². The van der Waals surface area contributed by atoms with Crippen molar-refractivity contribution in [3.63, 3.8) is 0 Å². The van der Waals surface area contributed by atoms with E-state index in [0.29, 0.717) is 0 Å². The Morgan fingerprint density at radius 3 is 1.83 bits per heavy atom. The van der Waals surface area contributed by atoms with Crippen LogP contribution >= 0.6 is 0 Å². The molecule has 0 atom stereocenters. The van der Waals surface area contributed by atoms with Gasteiger partial charge < -0.3 is 4.57 Å². The van der Waals surface area contributed by atoms with Crippen molar-refractivity contribution < 1.29 is 34.3 Å². The highest BCUT2D eigenvalue weighted by Gasteiger charge is 2.19. The van der Waals surface area contributed by atoms with Crippen LogP contribution in [-0.2, 0) is 0 Å². The molecule has 220 valence electrons. The Kier molecular flexibility index (Phi) is 2.42. The lowest BCUT2D eigenvalue weighted by molar-refractivity contribution is 1.01. The highest BCUT2D eigenvalue weighted by molar-refractivity contribution is 6.12. The summed E-state index contributed by atoms with van der Waals surface area (Å²) < 4.78 is 225. The molecule has 0 aliphatic heterocycles. The summed E-state index contributed by atoms with van der Waals surface area (Å²) in [6.07, 6.45) is 0. The van der Waals surface area contributed by atoms with E-state index in [1.807, 2.05) is 0 Å². The topological polar surface area (TPSA) is 35.6 Å². The monoisotopic (exact) mass is 625 g/mol. The highest BCUT2D eigenvalue weighted by atomic mass is 15.2. The lowest BCUT2D eigenvalue weighted by Crippen LogP contribution is -2.04. The average Bonchev–Trinajstić information content (AvgIpc) is 3.90. The van der Waals surface area contributed by atoms with Gasteiger partial charge in [0.25, 0.3) is 0 Å². The summed E-state index contributed by atoms with van der Waals surface area (Å²) in [6.45, 7) is 1.32. The number of hydrogen-bond acceptors (Lipinski definition) is 2. The lowest BCUT2D eigenvalue weighted by atomic mass is 10.0. The molecule has 3 aromatic heterocycles. The Morgan fingerprint density at radius 1 is 0.468 bits per heavy atom. The highest BCUT2D eigenvalue weighted by Crippen LogP contribution is 2.37. The zero-order valence-electron chi connectivity index (χ0n) is 48.8. The third-order valence-corrected chi connectivity index (χ3v) is 7.67. The molecule has 0 amide bonds. The van der Waals surface area contributed by atoms with E-state index in [9.17, 15) is 11.0 Å². The van der Waals surface area contributed by atoms with Crippen molar-refractivity contribution >= 4 is 65.3 Å². The van der Waals surface area contributed by atoms with Crippen molar-refractivity contribution in [1.29, 1.82) is 0 Å². The van der Waals surface area contributed by atoms with Gasteiger partial charge in [0.15, 0.2) is 0 Å². The third kappa shape index (κ3) is 3.88. The molecule has 47 heavy (non-hydrogen) atoms. The summed E-state index contributed by atoms with van der Waals surface area (Å²) in [5.74, 6) is -0.743. The van der Waals surface area contributed by atoms with E-state index < -0.39 is 239 Å². The minimum absolute atomic E-state index is 0.118. The van der Waals surface area contributed by atoms with Crippen LogP contribution in [0, 0.1) is 6.92 Å². The van der Waals surface area contributed by atoms with Gasteiger partial charge in [-0.15, -0.1) is 0 Å². The van der Waals surface area contributed by atoms with Crippen molar-refractivity contribution in [2.24, 2.45) is 0 Å². The van der Waals surface area contributed by atoms with E-state index in [2.05, 4.69) is 9.97 Å². The molecule has 0 aliphatic rings. The number of benzene rings is 7. The Balaban J connectivity index is 1.46. The second-order valence-electron chi connectivity index (χ2n) is 10.4. The van der Waals surface area contributed by atoms with Gasteiger partial charge >= 0.3 is 0 Å². The second-order valence-corrected chi connectivity index (χ2v) is 10.4. The molecule has 0 spiro atoms. The summed E-state index contributed by atoms with van der Waals surface area (Å²) in [4.78, 5) is 9.18. The Morgan fingerprint density at radius 2 is 1.09 bits per heavy atom. The fourth-order valence-corrected chi connectivity index (χ4v) is 5.66. The van der Waals surface area contributed by atoms with Gasteiger partial charge in [0.05, 0.1) is 67.5 Å². The van der Waals surface area contributed by atoms with Crippen LogP contribution < -0.4 is 0 Å². The fourth-order valence-electron chi connectivity index (χ4n) is 5.66. The van der Waals surface area contributed by atoms with E-state index in [1.54, 1.807) is 0 Å².